The third-order valence-corrected chi connectivity index (χ3v) is 3.59. The predicted molar refractivity (Wildman–Crippen MR) is 76.8 cm³/mol. The maximum atomic E-state index is 4.51. The predicted octanol–water partition coefficient (Wildman–Crippen LogP) is 2.33. The highest BCUT2D eigenvalue weighted by Crippen LogP contribution is 2.25. The highest BCUT2D eigenvalue weighted by atomic mass is 15.0. The summed E-state index contributed by atoms with van der Waals surface area (Å²) in [4.78, 5) is 8.78. The molecular weight excluding hydrogens is 224 g/mol. The van der Waals surface area contributed by atoms with E-state index in [0.717, 1.165) is 31.2 Å². The lowest BCUT2D eigenvalue weighted by Gasteiger charge is -2.29. The van der Waals surface area contributed by atoms with Crippen LogP contribution in [0.25, 0.3) is 0 Å². The molecule has 0 atom stereocenters. The van der Waals surface area contributed by atoms with Crippen molar-refractivity contribution < 1.29 is 0 Å². The van der Waals surface area contributed by atoms with E-state index in [1.807, 2.05) is 19.3 Å². The van der Waals surface area contributed by atoms with Crippen LogP contribution in [-0.4, -0.2) is 30.1 Å². The van der Waals surface area contributed by atoms with E-state index in [2.05, 4.69) is 48.3 Å². The van der Waals surface area contributed by atoms with Crippen LogP contribution in [-0.2, 0) is 6.42 Å². The lowest BCUT2D eigenvalue weighted by Crippen LogP contribution is -2.28. The van der Waals surface area contributed by atoms with Crippen molar-refractivity contribution in [3.8, 4) is 0 Å². The Morgan fingerprint density at radius 2 is 2.06 bits per heavy atom. The van der Waals surface area contributed by atoms with Crippen LogP contribution >= 0.6 is 0 Å². The highest BCUT2D eigenvalue weighted by Gasteiger charge is 2.21. The van der Waals surface area contributed by atoms with Crippen LogP contribution < -0.4 is 10.6 Å². The largest absolute Gasteiger partial charge is 0.369 e. The minimum Gasteiger partial charge on any atom is -0.369 e. The minimum absolute atomic E-state index is 0.260. The maximum Gasteiger partial charge on any atom is 0.131 e. The molecule has 1 heterocycles. The van der Waals surface area contributed by atoms with Gasteiger partial charge in [0.25, 0.3) is 0 Å². The molecule has 1 rings (SSSR count). The smallest absolute Gasteiger partial charge is 0.131 e. The average molecular weight is 250 g/mol. The molecule has 2 N–H and O–H groups in total. The molecule has 0 fully saturated rings. The van der Waals surface area contributed by atoms with Gasteiger partial charge >= 0.3 is 0 Å². The van der Waals surface area contributed by atoms with E-state index >= 15 is 0 Å². The van der Waals surface area contributed by atoms with Gasteiger partial charge < -0.3 is 10.6 Å². The summed E-state index contributed by atoms with van der Waals surface area (Å²) in [6, 6.07) is 1.93. The first-order chi connectivity index (χ1) is 8.45. The summed E-state index contributed by atoms with van der Waals surface area (Å²) in [5, 5.41) is 6.52. The van der Waals surface area contributed by atoms with Crippen molar-refractivity contribution in [1.82, 2.24) is 15.3 Å². The zero-order valence-electron chi connectivity index (χ0n) is 12.2. The summed E-state index contributed by atoms with van der Waals surface area (Å²) in [6.07, 6.45) is 2.68. The number of anilines is 1. The summed E-state index contributed by atoms with van der Waals surface area (Å²) >= 11 is 0. The standard InChI is InChI=1S/C14H26N4/c1-11(2)14(3,4)10-17-13-7-9-16-12(18-13)6-8-15-5/h7,9,11,15H,6,8,10H2,1-5H3,(H,16,17,18). The van der Waals surface area contributed by atoms with Gasteiger partial charge in [0.15, 0.2) is 0 Å². The summed E-state index contributed by atoms with van der Waals surface area (Å²) in [7, 11) is 1.94. The average Bonchev–Trinajstić information content (AvgIpc) is 2.34. The van der Waals surface area contributed by atoms with E-state index in [1.54, 1.807) is 0 Å². The molecule has 1 aromatic heterocycles. The Morgan fingerprint density at radius 1 is 1.33 bits per heavy atom. The van der Waals surface area contributed by atoms with E-state index in [1.165, 1.54) is 0 Å². The van der Waals surface area contributed by atoms with Gasteiger partial charge in [-0.25, -0.2) is 9.97 Å². The Hall–Kier alpha value is -1.16. The molecule has 0 aliphatic carbocycles. The minimum atomic E-state index is 0.260. The van der Waals surface area contributed by atoms with E-state index in [9.17, 15) is 0 Å². The van der Waals surface area contributed by atoms with E-state index in [-0.39, 0.29) is 5.41 Å². The van der Waals surface area contributed by atoms with Crippen LogP contribution in [0.5, 0.6) is 0 Å². The van der Waals surface area contributed by atoms with E-state index in [4.69, 9.17) is 0 Å². The van der Waals surface area contributed by atoms with Crippen molar-refractivity contribution in [2.45, 2.75) is 34.1 Å². The lowest BCUT2D eigenvalue weighted by molar-refractivity contribution is 0.269. The Bertz CT molecular complexity index is 361. The van der Waals surface area contributed by atoms with Gasteiger partial charge in [0.2, 0.25) is 0 Å². The molecular formula is C14H26N4. The first-order valence-corrected chi connectivity index (χ1v) is 6.66. The Balaban J connectivity index is 2.57. The molecule has 0 amide bonds. The van der Waals surface area contributed by atoms with E-state index < -0.39 is 0 Å². The molecule has 0 aliphatic heterocycles. The number of nitrogens with one attached hydrogen (secondary N) is 2. The topological polar surface area (TPSA) is 49.8 Å². The van der Waals surface area contributed by atoms with Crippen molar-refractivity contribution in [3.63, 3.8) is 0 Å². The van der Waals surface area contributed by atoms with Gasteiger partial charge in [-0.05, 0) is 24.4 Å². The zero-order chi connectivity index (χ0) is 13.6. The first-order valence-electron chi connectivity index (χ1n) is 6.66. The van der Waals surface area contributed by atoms with Crippen LogP contribution in [0, 0.1) is 11.3 Å². The zero-order valence-corrected chi connectivity index (χ0v) is 12.2. The maximum absolute atomic E-state index is 4.51. The summed E-state index contributed by atoms with van der Waals surface area (Å²) in [6.45, 7) is 10.9. The molecule has 0 aliphatic rings. The van der Waals surface area contributed by atoms with Crippen LogP contribution in [0.3, 0.4) is 0 Å². The third kappa shape index (κ3) is 4.61. The quantitative estimate of drug-likeness (QED) is 0.780. The molecule has 102 valence electrons. The number of nitrogens with zero attached hydrogens (tertiary/aromatic N) is 2. The Labute approximate surface area is 111 Å². The molecule has 0 saturated carbocycles. The second-order valence-corrected chi connectivity index (χ2v) is 5.71. The number of likely N-dealkylation sites (N-methyl/N-ethyl adjacent to an activating group) is 1. The molecule has 0 saturated heterocycles. The Morgan fingerprint density at radius 3 is 2.67 bits per heavy atom. The lowest BCUT2D eigenvalue weighted by atomic mass is 9.81. The molecule has 0 radical (unpaired) electrons. The second-order valence-electron chi connectivity index (χ2n) is 5.71. The molecule has 4 nitrogen and oxygen atoms in total. The van der Waals surface area contributed by atoms with Crippen molar-refractivity contribution in [2.24, 2.45) is 11.3 Å². The van der Waals surface area contributed by atoms with Gasteiger partial charge in [0.1, 0.15) is 11.6 Å². The summed E-state index contributed by atoms with van der Waals surface area (Å²) < 4.78 is 0. The molecule has 0 bridgehead atoms. The molecule has 0 unspecified atom stereocenters. The van der Waals surface area contributed by atoms with Crippen molar-refractivity contribution in [2.75, 3.05) is 25.5 Å². The first kappa shape index (κ1) is 14.9. The fraction of sp³-hybridized carbons (Fsp3) is 0.714. The monoisotopic (exact) mass is 250 g/mol. The van der Waals surface area contributed by atoms with Gasteiger partial charge in [0, 0.05) is 25.7 Å². The Kier molecular flexibility index (Phi) is 5.54. The fourth-order valence-electron chi connectivity index (χ4n) is 1.38. The number of hydrogen-bond donors (Lipinski definition) is 2. The number of rotatable bonds is 7. The van der Waals surface area contributed by atoms with Gasteiger partial charge in [-0.1, -0.05) is 27.7 Å². The fourth-order valence-corrected chi connectivity index (χ4v) is 1.38. The highest BCUT2D eigenvalue weighted by molar-refractivity contribution is 5.33. The molecule has 0 spiro atoms. The molecule has 18 heavy (non-hydrogen) atoms. The summed E-state index contributed by atoms with van der Waals surface area (Å²) in [5.74, 6) is 2.44. The van der Waals surface area contributed by atoms with Crippen molar-refractivity contribution in [1.29, 1.82) is 0 Å². The molecule has 4 heteroatoms. The second kappa shape index (κ2) is 6.69. The van der Waals surface area contributed by atoms with Crippen molar-refractivity contribution >= 4 is 5.82 Å². The van der Waals surface area contributed by atoms with Crippen LogP contribution in [0.2, 0.25) is 0 Å². The number of hydrogen-bond acceptors (Lipinski definition) is 4. The van der Waals surface area contributed by atoms with Crippen LogP contribution in [0.1, 0.15) is 33.5 Å². The third-order valence-electron chi connectivity index (χ3n) is 3.59. The van der Waals surface area contributed by atoms with E-state index in [0.29, 0.717) is 5.92 Å². The SMILES string of the molecule is CNCCc1nccc(NCC(C)(C)C(C)C)n1. The van der Waals surface area contributed by atoms with Gasteiger partial charge in [-0.15, -0.1) is 0 Å². The van der Waals surface area contributed by atoms with Gasteiger partial charge in [-0.2, -0.15) is 0 Å². The van der Waals surface area contributed by atoms with Gasteiger partial charge in [-0.3, -0.25) is 0 Å². The molecule has 1 aromatic rings. The normalized spacial score (nSPS) is 11.9. The molecule has 0 aromatic carbocycles. The summed E-state index contributed by atoms with van der Waals surface area (Å²) in [5.41, 5.74) is 0.260. The number of aromatic nitrogens is 2. The van der Waals surface area contributed by atoms with Crippen molar-refractivity contribution in [3.05, 3.63) is 18.1 Å². The van der Waals surface area contributed by atoms with Crippen LogP contribution in [0.4, 0.5) is 5.82 Å². The van der Waals surface area contributed by atoms with Crippen LogP contribution in [0.15, 0.2) is 12.3 Å². The van der Waals surface area contributed by atoms with Gasteiger partial charge in [0.05, 0.1) is 0 Å².